The van der Waals surface area contributed by atoms with E-state index in [9.17, 15) is 19.2 Å². The van der Waals surface area contributed by atoms with E-state index in [1.165, 1.54) is 13.8 Å². The van der Waals surface area contributed by atoms with Crippen LogP contribution in [0.4, 0.5) is 0 Å². The number of hydrogen-bond acceptors (Lipinski definition) is 7. The summed E-state index contributed by atoms with van der Waals surface area (Å²) in [5.41, 5.74) is 26.7. The molecule has 0 spiro atoms. The lowest BCUT2D eigenvalue weighted by Gasteiger charge is -2.24. The number of rotatable bonds is 15. The molecule has 15 heteroatoms. The molecule has 0 heterocycles. The summed E-state index contributed by atoms with van der Waals surface area (Å²) in [6.45, 7) is 3.16. The van der Waals surface area contributed by atoms with E-state index in [-0.39, 0.29) is 37.9 Å². The quantitative estimate of drug-likeness (QED) is 0.0632. The van der Waals surface area contributed by atoms with Gasteiger partial charge in [-0.05, 0) is 39.5 Å². The van der Waals surface area contributed by atoms with Crippen molar-refractivity contribution in [3.05, 3.63) is 0 Å². The molecule has 33 heavy (non-hydrogen) atoms. The highest BCUT2D eigenvalue weighted by atomic mass is 16.4. The predicted octanol–water partition coefficient (Wildman–Crippen LogP) is -4.00. The van der Waals surface area contributed by atoms with Gasteiger partial charge in [0, 0.05) is 13.1 Å². The van der Waals surface area contributed by atoms with Crippen molar-refractivity contribution >= 4 is 35.6 Å². The average Bonchev–Trinajstić information content (AvgIpc) is 2.71. The Kier molecular flexibility index (Phi) is 13.6. The van der Waals surface area contributed by atoms with Crippen LogP contribution in [0.1, 0.15) is 39.5 Å². The molecule has 0 aliphatic heterocycles. The molecule has 0 saturated carbocycles. The fourth-order valence-electron chi connectivity index (χ4n) is 2.50. The molecule has 0 rings (SSSR count). The SMILES string of the molecule is C[C@H](N)C(=O)N[C@@H](CCCN=C(N)N)C(=O)N[C@@H](CCCN=C(N)N)C(=O)N[C@@H](C)C(=O)O. The van der Waals surface area contributed by atoms with Gasteiger partial charge in [0.15, 0.2) is 11.9 Å². The van der Waals surface area contributed by atoms with Gasteiger partial charge in [0.1, 0.15) is 18.1 Å². The van der Waals surface area contributed by atoms with Gasteiger partial charge in [0.25, 0.3) is 0 Å². The maximum absolute atomic E-state index is 12.9. The highest BCUT2D eigenvalue weighted by molar-refractivity contribution is 5.93. The fraction of sp³-hybridized carbons (Fsp3) is 0.667. The number of nitrogens with zero attached hydrogens (tertiary/aromatic N) is 2. The number of aliphatic imine (C=N–C) groups is 2. The summed E-state index contributed by atoms with van der Waals surface area (Å²) >= 11 is 0. The van der Waals surface area contributed by atoms with Crippen molar-refractivity contribution in [1.82, 2.24) is 16.0 Å². The highest BCUT2D eigenvalue weighted by Gasteiger charge is 2.28. The number of carbonyl (C=O) groups is 4. The molecule has 0 aromatic heterocycles. The summed E-state index contributed by atoms with van der Waals surface area (Å²) in [6, 6.07) is -4.17. The molecule has 0 aliphatic rings. The third kappa shape index (κ3) is 13.4. The lowest BCUT2D eigenvalue weighted by atomic mass is 10.1. The second-order valence-corrected chi connectivity index (χ2v) is 7.38. The number of nitrogens with two attached hydrogens (primary N) is 5. The molecule has 0 aliphatic carbocycles. The normalized spacial score (nSPS) is 14.0. The Bertz CT molecular complexity index is 732. The first kappa shape index (κ1) is 29.4. The van der Waals surface area contributed by atoms with Crippen LogP contribution in [0.25, 0.3) is 0 Å². The van der Waals surface area contributed by atoms with Crippen LogP contribution >= 0.6 is 0 Å². The molecule has 0 saturated heterocycles. The molecule has 0 radical (unpaired) electrons. The van der Waals surface area contributed by atoms with Crippen LogP contribution in [0.5, 0.6) is 0 Å². The largest absolute Gasteiger partial charge is 0.480 e. The third-order valence-electron chi connectivity index (χ3n) is 4.30. The second kappa shape index (κ2) is 15.2. The number of carboxylic acids is 1. The zero-order valence-electron chi connectivity index (χ0n) is 18.9. The molecule has 188 valence electrons. The number of guanidine groups is 2. The number of amides is 3. The number of carboxylic acid groups (broad SMARTS) is 1. The summed E-state index contributed by atoms with van der Waals surface area (Å²) in [5.74, 6) is -3.40. The van der Waals surface area contributed by atoms with Crippen molar-refractivity contribution in [3.63, 3.8) is 0 Å². The number of aliphatic carboxylic acids is 1. The first-order chi connectivity index (χ1) is 15.3. The Balaban J connectivity index is 5.41. The molecule has 0 fully saturated rings. The summed E-state index contributed by atoms with van der Waals surface area (Å²) in [5, 5.41) is 16.4. The van der Waals surface area contributed by atoms with Crippen LogP contribution in [0.3, 0.4) is 0 Å². The maximum Gasteiger partial charge on any atom is 0.325 e. The van der Waals surface area contributed by atoms with Crippen molar-refractivity contribution in [2.45, 2.75) is 63.7 Å². The highest BCUT2D eigenvalue weighted by Crippen LogP contribution is 2.04. The topological polar surface area (TPSA) is 279 Å². The van der Waals surface area contributed by atoms with E-state index in [1.54, 1.807) is 0 Å². The zero-order valence-corrected chi connectivity index (χ0v) is 18.9. The minimum Gasteiger partial charge on any atom is -0.480 e. The van der Waals surface area contributed by atoms with E-state index in [2.05, 4.69) is 25.9 Å². The van der Waals surface area contributed by atoms with E-state index in [0.717, 1.165) is 0 Å². The lowest BCUT2D eigenvalue weighted by Crippen LogP contribution is -2.56. The third-order valence-corrected chi connectivity index (χ3v) is 4.30. The first-order valence-corrected chi connectivity index (χ1v) is 10.3. The van der Waals surface area contributed by atoms with Crippen LogP contribution in [0, 0.1) is 0 Å². The minimum absolute atomic E-state index is 0.110. The molecule has 4 atom stereocenters. The Morgan fingerprint density at radius 1 is 0.758 bits per heavy atom. The zero-order chi connectivity index (χ0) is 25.6. The van der Waals surface area contributed by atoms with Crippen molar-refractivity contribution < 1.29 is 24.3 Å². The van der Waals surface area contributed by atoms with Crippen molar-refractivity contribution in [3.8, 4) is 0 Å². The van der Waals surface area contributed by atoms with E-state index < -0.39 is 47.9 Å². The molecule has 0 aromatic rings. The van der Waals surface area contributed by atoms with Gasteiger partial charge in [-0.25, -0.2) is 0 Å². The van der Waals surface area contributed by atoms with Gasteiger partial charge >= 0.3 is 5.97 Å². The monoisotopic (exact) mass is 472 g/mol. The van der Waals surface area contributed by atoms with E-state index in [1.807, 2.05) is 0 Å². The average molecular weight is 473 g/mol. The van der Waals surface area contributed by atoms with Crippen LogP contribution in [-0.2, 0) is 19.2 Å². The van der Waals surface area contributed by atoms with Gasteiger partial charge in [-0.2, -0.15) is 0 Å². The Morgan fingerprint density at radius 3 is 1.52 bits per heavy atom. The Labute approximate surface area is 192 Å². The summed E-state index contributed by atoms with van der Waals surface area (Å²) in [6.07, 6.45) is 0.948. The first-order valence-electron chi connectivity index (χ1n) is 10.3. The lowest BCUT2D eigenvalue weighted by molar-refractivity contribution is -0.141. The maximum atomic E-state index is 12.9. The van der Waals surface area contributed by atoms with Crippen LogP contribution in [0.15, 0.2) is 9.98 Å². The van der Waals surface area contributed by atoms with Crippen molar-refractivity contribution in [2.75, 3.05) is 13.1 Å². The predicted molar refractivity (Wildman–Crippen MR) is 123 cm³/mol. The number of carbonyl (C=O) groups excluding carboxylic acids is 3. The molecule has 0 aromatic carbocycles. The van der Waals surface area contributed by atoms with Crippen LogP contribution in [0.2, 0.25) is 0 Å². The van der Waals surface area contributed by atoms with Crippen molar-refractivity contribution in [2.24, 2.45) is 38.7 Å². The van der Waals surface area contributed by atoms with Crippen LogP contribution < -0.4 is 44.6 Å². The van der Waals surface area contributed by atoms with Gasteiger partial charge in [-0.3, -0.25) is 29.2 Å². The Morgan fingerprint density at radius 2 is 1.15 bits per heavy atom. The molecule has 0 unspecified atom stereocenters. The minimum atomic E-state index is -1.24. The molecule has 3 amide bonds. The fourth-order valence-corrected chi connectivity index (χ4v) is 2.50. The summed E-state index contributed by atoms with van der Waals surface area (Å²) < 4.78 is 0. The van der Waals surface area contributed by atoms with Gasteiger partial charge in [0.05, 0.1) is 6.04 Å². The Hall–Kier alpha value is -3.62. The summed E-state index contributed by atoms with van der Waals surface area (Å²) in [7, 11) is 0. The molecule has 14 N–H and O–H groups in total. The smallest absolute Gasteiger partial charge is 0.325 e. The van der Waals surface area contributed by atoms with Crippen LogP contribution in [-0.4, -0.2) is 78.0 Å². The van der Waals surface area contributed by atoms with Gasteiger partial charge < -0.3 is 49.7 Å². The van der Waals surface area contributed by atoms with Crippen molar-refractivity contribution in [1.29, 1.82) is 0 Å². The van der Waals surface area contributed by atoms with E-state index in [4.69, 9.17) is 33.8 Å². The molecular weight excluding hydrogens is 436 g/mol. The number of hydrogen-bond donors (Lipinski definition) is 9. The van der Waals surface area contributed by atoms with E-state index in [0.29, 0.717) is 12.8 Å². The van der Waals surface area contributed by atoms with E-state index >= 15 is 0 Å². The number of nitrogens with one attached hydrogen (secondary N) is 3. The summed E-state index contributed by atoms with van der Waals surface area (Å²) in [4.78, 5) is 56.2. The van der Waals surface area contributed by atoms with Gasteiger partial charge in [0.2, 0.25) is 17.7 Å². The molecule has 15 nitrogen and oxygen atoms in total. The van der Waals surface area contributed by atoms with Gasteiger partial charge in [-0.15, -0.1) is 0 Å². The molecular formula is C18H36N10O5. The standard InChI is InChI=1S/C18H36N10O5/c1-9(19)13(29)27-12(6-4-8-25-18(22)23)15(31)28-11(5-3-7-24-17(20)21)14(30)26-10(2)16(32)33/h9-12H,3-8,19H2,1-2H3,(H,26,30)(H,27,29)(H,28,31)(H,32,33)(H4,20,21,24)(H4,22,23,25)/t9-,10-,11-,12-/m0/s1. The molecule has 0 bridgehead atoms. The second-order valence-electron chi connectivity index (χ2n) is 7.38. The van der Waals surface area contributed by atoms with Gasteiger partial charge in [-0.1, -0.05) is 0 Å².